The van der Waals surface area contributed by atoms with Crippen molar-refractivity contribution in [1.82, 2.24) is 9.47 Å². The molecule has 3 aromatic rings. The number of aromatic nitrogens is 1. The van der Waals surface area contributed by atoms with Gasteiger partial charge < -0.3 is 14.8 Å². The number of hydrogen-bond acceptors (Lipinski definition) is 1. The van der Waals surface area contributed by atoms with Crippen LogP contribution < -0.4 is 5.32 Å². The van der Waals surface area contributed by atoms with Crippen LogP contribution >= 0.6 is 12.2 Å². The van der Waals surface area contributed by atoms with Gasteiger partial charge in [0.15, 0.2) is 5.11 Å². The molecule has 0 spiro atoms. The predicted octanol–water partition coefficient (Wildman–Crippen LogP) is 6.22. The molecule has 2 aromatic carbocycles. The lowest BCUT2D eigenvalue weighted by Gasteiger charge is -2.31. The van der Waals surface area contributed by atoms with Crippen molar-refractivity contribution in [1.29, 1.82) is 0 Å². The smallest absolute Gasteiger partial charge is 0.173 e. The third-order valence-electron chi connectivity index (χ3n) is 5.52. The van der Waals surface area contributed by atoms with Gasteiger partial charge in [-0.05, 0) is 68.2 Å². The number of rotatable bonds is 7. The van der Waals surface area contributed by atoms with Crippen LogP contribution in [0, 0.1) is 0 Å². The quantitative estimate of drug-likeness (QED) is 0.481. The lowest BCUT2D eigenvalue weighted by molar-refractivity contribution is 0.320. The standard InChI is InChI=1S/C24H31N3S/c1-5-18(4)27(24(28)25-21-12-10-11-19(6-2)15-21)17-20-16-26(7-3)23-14-9-8-13-22(20)23/h8-16,18H,5-7,17H2,1-4H3,(H,25,28)/t18-/m1/s1. The van der Waals surface area contributed by atoms with Gasteiger partial charge in [0.05, 0.1) is 0 Å². The Kier molecular flexibility index (Phi) is 6.74. The van der Waals surface area contributed by atoms with Gasteiger partial charge in [0.1, 0.15) is 0 Å². The molecular weight excluding hydrogens is 362 g/mol. The fraction of sp³-hybridized carbons (Fsp3) is 0.375. The molecule has 1 aromatic heterocycles. The lowest BCUT2D eigenvalue weighted by atomic mass is 10.1. The first kappa shape index (κ1) is 20.4. The second kappa shape index (κ2) is 9.24. The number of aryl methyl sites for hydroxylation is 2. The van der Waals surface area contributed by atoms with E-state index in [0.717, 1.165) is 36.7 Å². The molecule has 1 heterocycles. The van der Waals surface area contributed by atoms with E-state index in [4.69, 9.17) is 12.2 Å². The first-order valence-electron chi connectivity index (χ1n) is 10.3. The Hall–Kier alpha value is -2.33. The highest BCUT2D eigenvalue weighted by atomic mass is 32.1. The van der Waals surface area contributed by atoms with E-state index >= 15 is 0 Å². The van der Waals surface area contributed by atoms with Crippen molar-refractivity contribution in [3.63, 3.8) is 0 Å². The number of nitrogens with one attached hydrogen (secondary N) is 1. The highest BCUT2D eigenvalue weighted by Gasteiger charge is 2.19. The number of thiocarbonyl (C=S) groups is 1. The zero-order chi connectivity index (χ0) is 20.1. The molecule has 0 amide bonds. The Morgan fingerprint density at radius 3 is 2.61 bits per heavy atom. The number of benzene rings is 2. The van der Waals surface area contributed by atoms with Crippen LogP contribution in [-0.2, 0) is 19.5 Å². The highest BCUT2D eigenvalue weighted by Crippen LogP contribution is 2.24. The van der Waals surface area contributed by atoms with E-state index in [2.05, 4.69) is 97.2 Å². The van der Waals surface area contributed by atoms with Gasteiger partial charge in [-0.25, -0.2) is 0 Å². The summed E-state index contributed by atoms with van der Waals surface area (Å²) in [5.41, 5.74) is 4.99. The summed E-state index contributed by atoms with van der Waals surface area (Å²) < 4.78 is 2.32. The van der Waals surface area contributed by atoms with E-state index in [9.17, 15) is 0 Å². The summed E-state index contributed by atoms with van der Waals surface area (Å²) in [5, 5.41) is 5.57. The molecule has 0 saturated heterocycles. The van der Waals surface area contributed by atoms with E-state index in [0.29, 0.717) is 6.04 Å². The molecule has 0 saturated carbocycles. The Labute approximate surface area is 174 Å². The Balaban J connectivity index is 1.87. The summed E-state index contributed by atoms with van der Waals surface area (Å²) in [6, 6.07) is 17.5. The number of para-hydroxylation sites is 1. The number of fused-ring (bicyclic) bond motifs is 1. The molecule has 3 nitrogen and oxygen atoms in total. The summed E-state index contributed by atoms with van der Waals surface area (Å²) in [5.74, 6) is 0. The molecule has 3 rings (SSSR count). The molecule has 0 aliphatic carbocycles. The second-order valence-corrected chi connectivity index (χ2v) is 7.71. The first-order chi connectivity index (χ1) is 13.6. The van der Waals surface area contributed by atoms with Gasteiger partial charge in [-0.15, -0.1) is 0 Å². The SMILES string of the molecule is CCc1cccc(NC(=S)N(Cc2cn(CC)c3ccccc23)[C@H](C)CC)c1. The molecular formula is C24H31N3S. The second-order valence-electron chi connectivity index (χ2n) is 7.33. The van der Waals surface area contributed by atoms with Crippen LogP contribution in [0.3, 0.4) is 0 Å². The van der Waals surface area contributed by atoms with Crippen LogP contribution in [0.25, 0.3) is 10.9 Å². The van der Waals surface area contributed by atoms with E-state index in [1.807, 2.05) is 0 Å². The van der Waals surface area contributed by atoms with Crippen molar-refractivity contribution >= 4 is 33.9 Å². The Morgan fingerprint density at radius 1 is 1.11 bits per heavy atom. The molecule has 0 radical (unpaired) electrons. The molecule has 4 heteroatoms. The fourth-order valence-corrected chi connectivity index (χ4v) is 3.97. The molecule has 0 bridgehead atoms. The van der Waals surface area contributed by atoms with Crippen LogP contribution in [0.1, 0.15) is 45.2 Å². The minimum Gasteiger partial charge on any atom is -0.347 e. The van der Waals surface area contributed by atoms with Crippen molar-refractivity contribution < 1.29 is 0 Å². The van der Waals surface area contributed by atoms with Crippen LogP contribution in [0.4, 0.5) is 5.69 Å². The van der Waals surface area contributed by atoms with E-state index in [-0.39, 0.29) is 0 Å². The monoisotopic (exact) mass is 393 g/mol. The molecule has 148 valence electrons. The van der Waals surface area contributed by atoms with E-state index < -0.39 is 0 Å². The van der Waals surface area contributed by atoms with Crippen LogP contribution in [0.15, 0.2) is 54.7 Å². The maximum atomic E-state index is 5.84. The van der Waals surface area contributed by atoms with Crippen molar-refractivity contribution in [2.75, 3.05) is 5.32 Å². The normalized spacial score (nSPS) is 12.1. The molecule has 0 unspecified atom stereocenters. The van der Waals surface area contributed by atoms with Gasteiger partial charge >= 0.3 is 0 Å². The highest BCUT2D eigenvalue weighted by molar-refractivity contribution is 7.80. The molecule has 0 aliphatic heterocycles. The third-order valence-corrected chi connectivity index (χ3v) is 5.86. The average molecular weight is 394 g/mol. The maximum Gasteiger partial charge on any atom is 0.173 e. The topological polar surface area (TPSA) is 20.2 Å². The molecule has 28 heavy (non-hydrogen) atoms. The van der Waals surface area contributed by atoms with Crippen molar-refractivity contribution in [2.45, 2.75) is 59.7 Å². The van der Waals surface area contributed by atoms with E-state index in [1.165, 1.54) is 22.0 Å². The Morgan fingerprint density at radius 2 is 1.89 bits per heavy atom. The largest absolute Gasteiger partial charge is 0.347 e. The van der Waals surface area contributed by atoms with E-state index in [1.54, 1.807) is 0 Å². The molecule has 1 atom stereocenters. The molecule has 1 N–H and O–H groups in total. The minimum atomic E-state index is 0.359. The van der Waals surface area contributed by atoms with Crippen LogP contribution in [0.5, 0.6) is 0 Å². The van der Waals surface area contributed by atoms with Gasteiger partial charge in [0.2, 0.25) is 0 Å². The van der Waals surface area contributed by atoms with Gasteiger partial charge in [0, 0.05) is 41.9 Å². The van der Waals surface area contributed by atoms with Gasteiger partial charge in [-0.3, -0.25) is 0 Å². The fourth-order valence-electron chi connectivity index (χ4n) is 3.61. The molecule has 0 aliphatic rings. The van der Waals surface area contributed by atoms with Crippen molar-refractivity contribution in [3.8, 4) is 0 Å². The third kappa shape index (κ3) is 4.39. The predicted molar refractivity (Wildman–Crippen MR) is 125 cm³/mol. The summed E-state index contributed by atoms with van der Waals surface area (Å²) in [4.78, 5) is 2.32. The first-order valence-corrected chi connectivity index (χ1v) is 10.7. The van der Waals surface area contributed by atoms with Gasteiger partial charge in [-0.2, -0.15) is 0 Å². The lowest BCUT2D eigenvalue weighted by Crippen LogP contribution is -2.40. The van der Waals surface area contributed by atoms with Crippen LogP contribution in [-0.4, -0.2) is 20.6 Å². The summed E-state index contributed by atoms with van der Waals surface area (Å²) in [6.07, 6.45) is 4.34. The summed E-state index contributed by atoms with van der Waals surface area (Å²) in [7, 11) is 0. The molecule has 0 fully saturated rings. The Bertz CT molecular complexity index is 944. The zero-order valence-corrected chi connectivity index (χ0v) is 18.2. The van der Waals surface area contributed by atoms with Crippen molar-refractivity contribution in [2.24, 2.45) is 0 Å². The van der Waals surface area contributed by atoms with Crippen LogP contribution in [0.2, 0.25) is 0 Å². The zero-order valence-electron chi connectivity index (χ0n) is 17.4. The number of hydrogen-bond donors (Lipinski definition) is 1. The number of anilines is 1. The van der Waals surface area contributed by atoms with Gasteiger partial charge in [-0.1, -0.05) is 44.2 Å². The van der Waals surface area contributed by atoms with Crippen molar-refractivity contribution in [3.05, 3.63) is 65.9 Å². The number of nitrogens with zero attached hydrogens (tertiary/aromatic N) is 2. The summed E-state index contributed by atoms with van der Waals surface area (Å²) in [6.45, 7) is 10.6. The maximum absolute atomic E-state index is 5.84. The minimum absolute atomic E-state index is 0.359. The summed E-state index contributed by atoms with van der Waals surface area (Å²) >= 11 is 5.84. The average Bonchev–Trinajstić information content (AvgIpc) is 3.09. The van der Waals surface area contributed by atoms with Gasteiger partial charge in [0.25, 0.3) is 0 Å².